The number of benzene rings is 3. The van der Waals surface area contributed by atoms with Crippen molar-refractivity contribution in [2.45, 2.75) is 5.60 Å². The lowest BCUT2D eigenvalue weighted by molar-refractivity contribution is 0.117. The number of aliphatic hydroxyl groups is 1. The van der Waals surface area contributed by atoms with Crippen LogP contribution in [0.2, 0.25) is 15.1 Å². The van der Waals surface area contributed by atoms with Crippen LogP contribution in [-0.4, -0.2) is 19.6 Å². The van der Waals surface area contributed by atoms with Crippen LogP contribution in [-0.2, 0) is 12.6 Å². The summed E-state index contributed by atoms with van der Waals surface area (Å²) in [6.45, 7) is 0. The highest BCUT2D eigenvalue weighted by Crippen LogP contribution is 2.41. The molecule has 0 bridgehead atoms. The summed E-state index contributed by atoms with van der Waals surface area (Å²) in [6, 6.07) is 19.0. The summed E-state index contributed by atoms with van der Waals surface area (Å²) in [4.78, 5) is 19.5. The van der Waals surface area contributed by atoms with Gasteiger partial charge in [-0.2, -0.15) is 0 Å². The quantitative estimate of drug-likeness (QED) is 0.304. The van der Waals surface area contributed by atoms with Gasteiger partial charge in [-0.15, -0.1) is 0 Å². The van der Waals surface area contributed by atoms with Gasteiger partial charge >= 0.3 is 0 Å². The molecule has 1 atom stereocenters. The molecule has 5 rings (SSSR count). The molecule has 8 heteroatoms. The van der Waals surface area contributed by atoms with Crippen LogP contribution < -0.4 is 5.56 Å². The third-order valence-electron chi connectivity index (χ3n) is 5.94. The molecule has 0 amide bonds. The maximum atomic E-state index is 12.5. The van der Waals surface area contributed by atoms with Crippen LogP contribution in [0.25, 0.3) is 22.0 Å². The molecule has 0 saturated carbocycles. The van der Waals surface area contributed by atoms with Gasteiger partial charge in [0.2, 0.25) is 5.56 Å². The van der Waals surface area contributed by atoms with Crippen LogP contribution >= 0.6 is 34.8 Å². The number of H-pyrrole nitrogens is 1. The van der Waals surface area contributed by atoms with Crippen molar-refractivity contribution in [2.24, 2.45) is 7.05 Å². The Morgan fingerprint density at radius 2 is 1.62 bits per heavy atom. The average molecular weight is 511 g/mol. The molecule has 0 fully saturated rings. The molecule has 0 aliphatic heterocycles. The van der Waals surface area contributed by atoms with Crippen LogP contribution in [0.5, 0.6) is 0 Å². The van der Waals surface area contributed by atoms with E-state index in [9.17, 15) is 9.90 Å². The highest BCUT2D eigenvalue weighted by Gasteiger charge is 2.37. The number of aromatic amines is 1. The summed E-state index contributed by atoms with van der Waals surface area (Å²) in [5.74, 6) is 0. The lowest BCUT2D eigenvalue weighted by Crippen LogP contribution is -2.31. The summed E-state index contributed by atoms with van der Waals surface area (Å²) < 4.78 is 1.76. The van der Waals surface area contributed by atoms with E-state index in [2.05, 4.69) is 9.97 Å². The van der Waals surface area contributed by atoms with Gasteiger partial charge in [0.05, 0.1) is 18.2 Å². The fraction of sp³-hybridized carbons (Fsp3) is 0.0769. The van der Waals surface area contributed by atoms with Gasteiger partial charge in [0.1, 0.15) is 0 Å². The first-order chi connectivity index (χ1) is 16.3. The van der Waals surface area contributed by atoms with Crippen molar-refractivity contribution in [3.05, 3.63) is 121 Å². The Bertz CT molecular complexity index is 1570. The van der Waals surface area contributed by atoms with Gasteiger partial charge in [0.15, 0.2) is 5.60 Å². The van der Waals surface area contributed by atoms with E-state index in [4.69, 9.17) is 34.8 Å². The van der Waals surface area contributed by atoms with Crippen LogP contribution in [0.15, 0.2) is 84.0 Å². The molecule has 34 heavy (non-hydrogen) atoms. The number of aryl methyl sites for hydroxylation is 1. The molecule has 0 saturated heterocycles. The Kier molecular flexibility index (Phi) is 5.74. The van der Waals surface area contributed by atoms with Crippen molar-refractivity contribution in [1.82, 2.24) is 14.5 Å². The Morgan fingerprint density at radius 3 is 2.26 bits per heavy atom. The standard InChI is InChI=1S/C26H18Cl3N3O2/c1-32-14-30-13-23(32)26(34,15-5-8-17(27)9-6-15)16-7-10-22-18(11-16)19(12-24(33)31-22)25-20(28)3-2-4-21(25)29/h2-14,34H,1H3,(H,31,33). The number of aromatic nitrogens is 3. The Hall–Kier alpha value is -3.09. The highest BCUT2D eigenvalue weighted by molar-refractivity contribution is 6.39. The van der Waals surface area contributed by atoms with E-state index in [1.165, 1.54) is 6.07 Å². The third kappa shape index (κ3) is 3.71. The second kappa shape index (κ2) is 8.60. The topological polar surface area (TPSA) is 70.9 Å². The smallest absolute Gasteiger partial charge is 0.249 e. The first-order valence-electron chi connectivity index (χ1n) is 10.4. The van der Waals surface area contributed by atoms with E-state index in [0.29, 0.717) is 53.9 Å². The average Bonchev–Trinajstić information content (AvgIpc) is 3.25. The molecule has 5 aromatic rings. The first kappa shape index (κ1) is 22.7. The van der Waals surface area contributed by atoms with E-state index in [0.717, 1.165) is 0 Å². The molecule has 2 N–H and O–H groups in total. The minimum atomic E-state index is -1.55. The predicted octanol–water partition coefficient (Wildman–Crippen LogP) is 6.17. The summed E-state index contributed by atoms with van der Waals surface area (Å²) in [5, 5.41) is 14.3. The molecule has 0 aliphatic carbocycles. The fourth-order valence-corrected chi connectivity index (χ4v) is 5.03. The number of rotatable bonds is 4. The zero-order valence-corrected chi connectivity index (χ0v) is 20.2. The summed E-state index contributed by atoms with van der Waals surface area (Å²) in [7, 11) is 1.82. The Morgan fingerprint density at radius 1 is 0.941 bits per heavy atom. The van der Waals surface area contributed by atoms with Crippen molar-refractivity contribution in [2.75, 3.05) is 0 Å². The van der Waals surface area contributed by atoms with E-state index in [1.807, 2.05) is 13.1 Å². The maximum absolute atomic E-state index is 12.5. The number of hydrogen-bond donors (Lipinski definition) is 2. The van der Waals surface area contributed by atoms with Gasteiger partial charge < -0.3 is 14.7 Å². The third-order valence-corrected chi connectivity index (χ3v) is 6.82. The molecule has 2 heterocycles. The van der Waals surface area contributed by atoms with Crippen LogP contribution in [0.1, 0.15) is 16.8 Å². The van der Waals surface area contributed by atoms with Gasteiger partial charge in [-0.25, -0.2) is 4.98 Å². The number of halogens is 3. The maximum Gasteiger partial charge on any atom is 0.249 e. The predicted molar refractivity (Wildman–Crippen MR) is 137 cm³/mol. The summed E-state index contributed by atoms with van der Waals surface area (Å²) in [6.07, 6.45) is 3.25. The minimum absolute atomic E-state index is 0.286. The largest absolute Gasteiger partial charge is 0.374 e. The lowest BCUT2D eigenvalue weighted by atomic mass is 9.82. The number of fused-ring (bicyclic) bond motifs is 1. The van der Waals surface area contributed by atoms with Crippen LogP contribution in [0, 0.1) is 0 Å². The molecule has 1 unspecified atom stereocenters. The lowest BCUT2D eigenvalue weighted by Gasteiger charge is -2.30. The van der Waals surface area contributed by atoms with Crippen molar-refractivity contribution in [3.8, 4) is 11.1 Å². The van der Waals surface area contributed by atoms with E-state index >= 15 is 0 Å². The van der Waals surface area contributed by atoms with Crippen LogP contribution in [0.3, 0.4) is 0 Å². The normalized spacial score (nSPS) is 13.2. The Labute approximate surface area is 210 Å². The molecule has 2 aromatic heterocycles. The second-order valence-electron chi connectivity index (χ2n) is 8.01. The van der Waals surface area contributed by atoms with Gasteiger partial charge in [-0.1, -0.05) is 59.1 Å². The fourth-order valence-electron chi connectivity index (χ4n) is 4.30. The molecular weight excluding hydrogens is 493 g/mol. The van der Waals surface area contributed by atoms with Crippen molar-refractivity contribution >= 4 is 45.7 Å². The molecule has 170 valence electrons. The number of nitrogens with zero attached hydrogens (tertiary/aromatic N) is 2. The Balaban J connectivity index is 1.84. The summed E-state index contributed by atoms with van der Waals surface area (Å²) in [5.41, 5.74) is 1.62. The number of imidazole rings is 1. The molecule has 0 radical (unpaired) electrons. The molecule has 5 nitrogen and oxygen atoms in total. The van der Waals surface area contributed by atoms with Crippen molar-refractivity contribution in [3.63, 3.8) is 0 Å². The molecular formula is C26H18Cl3N3O2. The van der Waals surface area contributed by atoms with E-state index < -0.39 is 5.60 Å². The van der Waals surface area contributed by atoms with Crippen molar-refractivity contribution < 1.29 is 5.11 Å². The van der Waals surface area contributed by atoms with Gasteiger partial charge in [0, 0.05) is 44.6 Å². The number of nitrogens with one attached hydrogen (secondary N) is 1. The molecule has 0 spiro atoms. The zero-order valence-electron chi connectivity index (χ0n) is 17.9. The molecule has 3 aromatic carbocycles. The number of hydrogen-bond acceptors (Lipinski definition) is 3. The SMILES string of the molecule is Cn1cncc1C(O)(c1ccc(Cl)cc1)c1ccc2[nH]c(=O)cc(-c3c(Cl)cccc3Cl)c2c1. The van der Waals surface area contributed by atoms with Gasteiger partial charge in [0.25, 0.3) is 0 Å². The van der Waals surface area contributed by atoms with Crippen molar-refractivity contribution in [1.29, 1.82) is 0 Å². The first-order valence-corrected chi connectivity index (χ1v) is 11.5. The van der Waals surface area contributed by atoms with Gasteiger partial charge in [-0.3, -0.25) is 4.79 Å². The highest BCUT2D eigenvalue weighted by atomic mass is 35.5. The number of pyridine rings is 1. The second-order valence-corrected chi connectivity index (χ2v) is 9.26. The summed E-state index contributed by atoms with van der Waals surface area (Å²) >= 11 is 19.1. The van der Waals surface area contributed by atoms with E-state index in [1.54, 1.807) is 71.7 Å². The zero-order chi connectivity index (χ0) is 24.0. The van der Waals surface area contributed by atoms with Gasteiger partial charge in [-0.05, 0) is 53.1 Å². The van der Waals surface area contributed by atoms with E-state index in [-0.39, 0.29) is 5.56 Å². The monoisotopic (exact) mass is 509 g/mol. The van der Waals surface area contributed by atoms with Crippen LogP contribution in [0.4, 0.5) is 0 Å². The minimum Gasteiger partial charge on any atom is -0.374 e. The molecule has 0 aliphatic rings.